The summed E-state index contributed by atoms with van der Waals surface area (Å²) < 4.78 is 5.18. The van der Waals surface area contributed by atoms with Crippen LogP contribution in [0.3, 0.4) is 0 Å². The number of rotatable bonds is 6. The van der Waals surface area contributed by atoms with Gasteiger partial charge in [-0.3, -0.25) is 0 Å². The standard InChI is InChI=1S/C16H20ClN3O/c1-4-5-14-15(17)18-10-19-16(14)20-11(2)12-6-8-13(21-3)9-7-12/h6-11H,4-5H2,1-3H3,(H,18,19,20). The predicted octanol–water partition coefficient (Wildman–Crippen LogP) is 4.26. The van der Waals surface area contributed by atoms with Gasteiger partial charge in [0.15, 0.2) is 0 Å². The van der Waals surface area contributed by atoms with Gasteiger partial charge in [-0.1, -0.05) is 37.1 Å². The highest BCUT2D eigenvalue weighted by molar-refractivity contribution is 6.30. The molecule has 112 valence electrons. The van der Waals surface area contributed by atoms with Crippen LogP contribution in [0.25, 0.3) is 0 Å². The first kappa shape index (κ1) is 15.6. The SMILES string of the molecule is CCCc1c(Cl)ncnc1NC(C)c1ccc(OC)cc1. The van der Waals surface area contributed by atoms with Gasteiger partial charge in [0, 0.05) is 11.6 Å². The van der Waals surface area contributed by atoms with Gasteiger partial charge in [0.05, 0.1) is 7.11 Å². The summed E-state index contributed by atoms with van der Waals surface area (Å²) in [6.45, 7) is 4.20. The van der Waals surface area contributed by atoms with Crippen LogP contribution in [-0.2, 0) is 6.42 Å². The summed E-state index contributed by atoms with van der Waals surface area (Å²) in [5.74, 6) is 1.66. The number of hydrogen-bond donors (Lipinski definition) is 1. The van der Waals surface area contributed by atoms with Crippen molar-refractivity contribution in [2.24, 2.45) is 0 Å². The van der Waals surface area contributed by atoms with Crippen molar-refractivity contribution in [1.82, 2.24) is 9.97 Å². The molecule has 0 fully saturated rings. The molecule has 21 heavy (non-hydrogen) atoms. The lowest BCUT2D eigenvalue weighted by Crippen LogP contribution is -2.11. The van der Waals surface area contributed by atoms with Crippen LogP contribution in [0, 0.1) is 0 Å². The fourth-order valence-electron chi connectivity index (χ4n) is 2.17. The van der Waals surface area contributed by atoms with Crippen LogP contribution < -0.4 is 10.1 Å². The minimum Gasteiger partial charge on any atom is -0.497 e. The molecule has 0 saturated carbocycles. The Kier molecular flexibility index (Phi) is 5.39. The number of aromatic nitrogens is 2. The fraction of sp³-hybridized carbons (Fsp3) is 0.375. The van der Waals surface area contributed by atoms with Gasteiger partial charge in [-0.2, -0.15) is 0 Å². The summed E-state index contributed by atoms with van der Waals surface area (Å²) in [6, 6.07) is 8.11. The molecule has 1 atom stereocenters. The first-order chi connectivity index (χ1) is 10.2. The number of methoxy groups -OCH3 is 1. The fourth-order valence-corrected chi connectivity index (χ4v) is 2.40. The number of benzene rings is 1. The first-order valence-corrected chi connectivity index (χ1v) is 7.43. The molecule has 0 saturated heterocycles. The van der Waals surface area contributed by atoms with Crippen LogP contribution in [0.5, 0.6) is 5.75 Å². The van der Waals surface area contributed by atoms with Crippen LogP contribution in [-0.4, -0.2) is 17.1 Å². The largest absolute Gasteiger partial charge is 0.497 e. The second-order valence-corrected chi connectivity index (χ2v) is 5.24. The Hall–Kier alpha value is -1.81. The molecular weight excluding hydrogens is 286 g/mol. The van der Waals surface area contributed by atoms with Crippen molar-refractivity contribution in [3.63, 3.8) is 0 Å². The third-order valence-corrected chi connectivity index (χ3v) is 3.69. The number of ether oxygens (including phenoxy) is 1. The average molecular weight is 306 g/mol. The summed E-state index contributed by atoms with van der Waals surface area (Å²) in [5, 5.41) is 3.94. The van der Waals surface area contributed by atoms with Crippen LogP contribution in [0.15, 0.2) is 30.6 Å². The van der Waals surface area contributed by atoms with Gasteiger partial charge in [0.2, 0.25) is 0 Å². The minimum atomic E-state index is 0.123. The van der Waals surface area contributed by atoms with Gasteiger partial charge in [0.1, 0.15) is 23.0 Å². The second kappa shape index (κ2) is 7.27. The Morgan fingerprint density at radius 1 is 1.24 bits per heavy atom. The van der Waals surface area contributed by atoms with E-state index in [2.05, 4.69) is 29.1 Å². The number of hydrogen-bond acceptors (Lipinski definition) is 4. The molecule has 0 bridgehead atoms. The molecule has 2 aromatic rings. The molecule has 0 aliphatic heterocycles. The van der Waals surface area contributed by atoms with E-state index < -0.39 is 0 Å². The van der Waals surface area contributed by atoms with Gasteiger partial charge >= 0.3 is 0 Å². The van der Waals surface area contributed by atoms with Crippen molar-refractivity contribution in [1.29, 1.82) is 0 Å². The molecule has 0 radical (unpaired) electrons. The smallest absolute Gasteiger partial charge is 0.137 e. The molecule has 0 aliphatic rings. The highest BCUT2D eigenvalue weighted by Crippen LogP contribution is 2.26. The maximum atomic E-state index is 6.17. The molecule has 0 aliphatic carbocycles. The molecule has 1 aromatic carbocycles. The van der Waals surface area contributed by atoms with E-state index in [-0.39, 0.29) is 6.04 Å². The normalized spacial score (nSPS) is 12.0. The maximum Gasteiger partial charge on any atom is 0.137 e. The molecule has 1 heterocycles. The zero-order valence-corrected chi connectivity index (χ0v) is 13.3. The van der Waals surface area contributed by atoms with Crippen molar-refractivity contribution < 1.29 is 4.74 Å². The Balaban J connectivity index is 2.18. The molecule has 0 spiro atoms. The summed E-state index contributed by atoms with van der Waals surface area (Å²) >= 11 is 6.17. The summed E-state index contributed by atoms with van der Waals surface area (Å²) in [5.41, 5.74) is 2.13. The number of anilines is 1. The highest BCUT2D eigenvalue weighted by atomic mass is 35.5. The van der Waals surface area contributed by atoms with E-state index in [4.69, 9.17) is 16.3 Å². The van der Waals surface area contributed by atoms with Crippen molar-refractivity contribution in [3.8, 4) is 5.75 Å². The number of nitrogens with zero attached hydrogens (tertiary/aromatic N) is 2. The second-order valence-electron chi connectivity index (χ2n) is 4.88. The monoisotopic (exact) mass is 305 g/mol. The Bertz CT molecular complexity index is 587. The third-order valence-electron chi connectivity index (χ3n) is 3.36. The molecule has 5 heteroatoms. The summed E-state index contributed by atoms with van der Waals surface area (Å²) in [7, 11) is 1.66. The van der Waals surface area contributed by atoms with E-state index in [0.29, 0.717) is 5.15 Å². The van der Waals surface area contributed by atoms with Crippen molar-refractivity contribution in [2.75, 3.05) is 12.4 Å². The lowest BCUT2D eigenvalue weighted by Gasteiger charge is -2.18. The van der Waals surface area contributed by atoms with Crippen LogP contribution >= 0.6 is 11.6 Å². The Morgan fingerprint density at radius 3 is 2.57 bits per heavy atom. The average Bonchev–Trinajstić information content (AvgIpc) is 2.51. The van der Waals surface area contributed by atoms with E-state index >= 15 is 0 Å². The van der Waals surface area contributed by atoms with Crippen molar-refractivity contribution in [2.45, 2.75) is 32.7 Å². The summed E-state index contributed by atoms with van der Waals surface area (Å²) in [6.07, 6.45) is 3.35. The zero-order valence-electron chi connectivity index (χ0n) is 12.6. The Labute approximate surface area is 130 Å². The van der Waals surface area contributed by atoms with Crippen molar-refractivity contribution in [3.05, 3.63) is 46.9 Å². The molecule has 1 aromatic heterocycles. The summed E-state index contributed by atoms with van der Waals surface area (Å²) in [4.78, 5) is 8.38. The van der Waals surface area contributed by atoms with Crippen LogP contribution in [0.4, 0.5) is 5.82 Å². The first-order valence-electron chi connectivity index (χ1n) is 7.05. The maximum absolute atomic E-state index is 6.17. The van der Waals surface area contributed by atoms with Gasteiger partial charge < -0.3 is 10.1 Å². The molecule has 2 rings (SSSR count). The minimum absolute atomic E-state index is 0.123. The van der Waals surface area contributed by atoms with Crippen molar-refractivity contribution >= 4 is 17.4 Å². The number of nitrogens with one attached hydrogen (secondary N) is 1. The van der Waals surface area contributed by atoms with Gasteiger partial charge in [-0.05, 0) is 31.0 Å². The quantitative estimate of drug-likeness (QED) is 0.810. The predicted molar refractivity (Wildman–Crippen MR) is 86.1 cm³/mol. The highest BCUT2D eigenvalue weighted by Gasteiger charge is 2.12. The van der Waals surface area contributed by atoms with E-state index in [0.717, 1.165) is 35.5 Å². The molecule has 1 N–H and O–H groups in total. The van der Waals surface area contributed by atoms with Gasteiger partial charge in [-0.15, -0.1) is 0 Å². The van der Waals surface area contributed by atoms with E-state index in [1.54, 1.807) is 7.11 Å². The zero-order chi connectivity index (χ0) is 15.2. The third kappa shape index (κ3) is 3.85. The molecule has 0 amide bonds. The lowest BCUT2D eigenvalue weighted by atomic mass is 10.1. The molecule has 4 nitrogen and oxygen atoms in total. The molecular formula is C16H20ClN3O. The number of halogens is 1. The van der Waals surface area contributed by atoms with E-state index in [9.17, 15) is 0 Å². The van der Waals surface area contributed by atoms with E-state index in [1.165, 1.54) is 6.33 Å². The van der Waals surface area contributed by atoms with Crippen LogP contribution in [0.1, 0.15) is 37.4 Å². The van der Waals surface area contributed by atoms with Crippen LogP contribution in [0.2, 0.25) is 5.15 Å². The topological polar surface area (TPSA) is 47.0 Å². The molecule has 1 unspecified atom stereocenters. The van der Waals surface area contributed by atoms with E-state index in [1.807, 2.05) is 24.3 Å². The lowest BCUT2D eigenvalue weighted by molar-refractivity contribution is 0.414. The van der Waals surface area contributed by atoms with Gasteiger partial charge in [-0.25, -0.2) is 9.97 Å². The Morgan fingerprint density at radius 2 is 1.95 bits per heavy atom. The van der Waals surface area contributed by atoms with Gasteiger partial charge in [0.25, 0.3) is 0 Å².